The summed E-state index contributed by atoms with van der Waals surface area (Å²) in [5.74, 6) is 0.600. The van der Waals surface area contributed by atoms with Crippen LogP contribution >= 0.6 is 0 Å². The Kier molecular flexibility index (Phi) is 3.64. The second-order valence-corrected chi connectivity index (χ2v) is 5.13. The highest BCUT2D eigenvalue weighted by Gasteiger charge is 2.31. The number of hydrogen-bond acceptors (Lipinski definition) is 2. The van der Waals surface area contributed by atoms with Gasteiger partial charge in [0, 0.05) is 31.1 Å². The lowest BCUT2D eigenvalue weighted by Crippen LogP contribution is -2.57. The minimum absolute atomic E-state index is 0.234. The molecule has 3 atom stereocenters. The zero-order valence-corrected chi connectivity index (χ0v) is 10.3. The Balaban J connectivity index is 1.99. The van der Waals surface area contributed by atoms with Gasteiger partial charge in [-0.1, -0.05) is 12.2 Å². The lowest BCUT2D eigenvalue weighted by Gasteiger charge is -2.39. The van der Waals surface area contributed by atoms with Crippen molar-refractivity contribution in [2.45, 2.75) is 45.2 Å². The van der Waals surface area contributed by atoms with Crippen LogP contribution in [0.5, 0.6) is 0 Å². The Labute approximate surface area is 97.9 Å². The summed E-state index contributed by atoms with van der Waals surface area (Å²) in [6.07, 6.45) is 7.37. The van der Waals surface area contributed by atoms with Crippen molar-refractivity contribution in [2.75, 3.05) is 13.1 Å². The van der Waals surface area contributed by atoms with Crippen LogP contribution < -0.4 is 5.32 Å². The molecule has 0 aromatic heterocycles. The van der Waals surface area contributed by atoms with Crippen LogP contribution in [0.15, 0.2) is 12.2 Å². The van der Waals surface area contributed by atoms with E-state index in [2.05, 4.69) is 36.2 Å². The average Bonchev–Trinajstić information content (AvgIpc) is 2.32. The van der Waals surface area contributed by atoms with E-state index in [9.17, 15) is 4.79 Å². The third-order valence-electron chi connectivity index (χ3n) is 3.67. The van der Waals surface area contributed by atoms with Gasteiger partial charge in [-0.3, -0.25) is 4.79 Å². The molecule has 1 aliphatic carbocycles. The van der Waals surface area contributed by atoms with E-state index in [4.69, 9.17) is 0 Å². The van der Waals surface area contributed by atoms with Gasteiger partial charge in [-0.05, 0) is 33.1 Å². The first kappa shape index (κ1) is 11.6. The maximum Gasteiger partial charge on any atom is 0.226 e. The Hall–Kier alpha value is -0.830. The number of carbonyl (C=O) groups excluding carboxylic acids is 1. The van der Waals surface area contributed by atoms with Crippen molar-refractivity contribution in [3.8, 4) is 0 Å². The van der Waals surface area contributed by atoms with E-state index >= 15 is 0 Å². The molecule has 0 aromatic carbocycles. The van der Waals surface area contributed by atoms with E-state index in [0.717, 1.165) is 32.4 Å². The van der Waals surface area contributed by atoms with E-state index < -0.39 is 0 Å². The number of hydrogen-bond donors (Lipinski definition) is 1. The van der Waals surface area contributed by atoms with Gasteiger partial charge in [0.15, 0.2) is 0 Å². The molecule has 0 aromatic rings. The largest absolute Gasteiger partial charge is 0.337 e. The third kappa shape index (κ3) is 2.46. The number of piperazine rings is 1. The first-order valence-electron chi connectivity index (χ1n) is 6.37. The predicted molar refractivity (Wildman–Crippen MR) is 65.1 cm³/mol. The van der Waals surface area contributed by atoms with Crippen LogP contribution in [-0.2, 0) is 4.79 Å². The van der Waals surface area contributed by atoms with Gasteiger partial charge in [0.05, 0.1) is 0 Å². The Morgan fingerprint density at radius 2 is 2.19 bits per heavy atom. The fourth-order valence-electron chi connectivity index (χ4n) is 2.58. The SMILES string of the molecule is CC1CN(C(=O)C2CC=CCC2)C(C)CN1. The van der Waals surface area contributed by atoms with Crippen molar-refractivity contribution in [2.24, 2.45) is 5.92 Å². The minimum atomic E-state index is 0.234. The number of nitrogens with one attached hydrogen (secondary N) is 1. The molecule has 1 heterocycles. The van der Waals surface area contributed by atoms with Crippen molar-refractivity contribution >= 4 is 5.91 Å². The van der Waals surface area contributed by atoms with Crippen molar-refractivity contribution in [3.63, 3.8) is 0 Å². The summed E-state index contributed by atoms with van der Waals surface area (Å²) in [7, 11) is 0. The van der Waals surface area contributed by atoms with Crippen LogP contribution in [0, 0.1) is 5.92 Å². The van der Waals surface area contributed by atoms with Gasteiger partial charge in [-0.2, -0.15) is 0 Å². The molecule has 1 aliphatic heterocycles. The monoisotopic (exact) mass is 222 g/mol. The highest BCUT2D eigenvalue weighted by molar-refractivity contribution is 5.79. The summed E-state index contributed by atoms with van der Waals surface area (Å²) in [5.41, 5.74) is 0. The molecule has 3 heteroatoms. The Morgan fingerprint density at radius 3 is 2.88 bits per heavy atom. The number of rotatable bonds is 1. The molecule has 1 saturated heterocycles. The molecule has 0 radical (unpaired) electrons. The smallest absolute Gasteiger partial charge is 0.226 e. The van der Waals surface area contributed by atoms with Crippen LogP contribution in [0.2, 0.25) is 0 Å². The van der Waals surface area contributed by atoms with Gasteiger partial charge in [0.2, 0.25) is 5.91 Å². The normalized spacial score (nSPS) is 35.1. The van der Waals surface area contributed by atoms with Crippen molar-refractivity contribution in [1.29, 1.82) is 0 Å². The molecule has 3 nitrogen and oxygen atoms in total. The first-order chi connectivity index (χ1) is 7.68. The number of amides is 1. The lowest BCUT2D eigenvalue weighted by atomic mass is 9.92. The van der Waals surface area contributed by atoms with Crippen LogP contribution in [-0.4, -0.2) is 36.0 Å². The second-order valence-electron chi connectivity index (χ2n) is 5.13. The van der Waals surface area contributed by atoms with Crippen molar-refractivity contribution in [1.82, 2.24) is 10.2 Å². The van der Waals surface area contributed by atoms with E-state index in [1.165, 1.54) is 0 Å². The van der Waals surface area contributed by atoms with Gasteiger partial charge in [-0.25, -0.2) is 0 Å². The maximum absolute atomic E-state index is 12.4. The van der Waals surface area contributed by atoms with Gasteiger partial charge in [0.1, 0.15) is 0 Å². The van der Waals surface area contributed by atoms with Gasteiger partial charge < -0.3 is 10.2 Å². The van der Waals surface area contributed by atoms with E-state index in [0.29, 0.717) is 18.0 Å². The maximum atomic E-state index is 12.4. The molecule has 90 valence electrons. The summed E-state index contributed by atoms with van der Waals surface area (Å²) >= 11 is 0. The molecule has 0 spiro atoms. The van der Waals surface area contributed by atoms with E-state index in [1.807, 2.05) is 0 Å². The lowest BCUT2D eigenvalue weighted by molar-refractivity contribution is -0.139. The molecule has 3 unspecified atom stereocenters. The summed E-state index contributed by atoms with van der Waals surface area (Å²) in [5, 5.41) is 3.41. The number of allylic oxidation sites excluding steroid dienone is 2. The molecular weight excluding hydrogens is 200 g/mol. The highest BCUT2D eigenvalue weighted by atomic mass is 16.2. The molecular formula is C13H22N2O. The molecule has 2 rings (SSSR count). The van der Waals surface area contributed by atoms with Crippen LogP contribution in [0.4, 0.5) is 0 Å². The summed E-state index contributed by atoms with van der Waals surface area (Å²) < 4.78 is 0. The fraction of sp³-hybridized carbons (Fsp3) is 0.769. The summed E-state index contributed by atoms with van der Waals surface area (Å²) in [4.78, 5) is 14.4. The minimum Gasteiger partial charge on any atom is -0.337 e. The summed E-state index contributed by atoms with van der Waals surface area (Å²) in [6.45, 7) is 6.07. The molecule has 1 amide bonds. The zero-order chi connectivity index (χ0) is 11.5. The number of nitrogens with zero attached hydrogens (tertiary/aromatic N) is 1. The molecule has 1 fully saturated rings. The van der Waals surface area contributed by atoms with E-state index in [-0.39, 0.29) is 5.92 Å². The topological polar surface area (TPSA) is 32.3 Å². The Morgan fingerprint density at radius 1 is 1.38 bits per heavy atom. The van der Waals surface area contributed by atoms with Crippen LogP contribution in [0.1, 0.15) is 33.1 Å². The molecule has 1 N–H and O–H groups in total. The van der Waals surface area contributed by atoms with Crippen LogP contribution in [0.25, 0.3) is 0 Å². The molecule has 16 heavy (non-hydrogen) atoms. The standard InChI is InChI=1S/C13H22N2O/c1-10-9-15(11(2)8-14-10)13(16)12-6-4-3-5-7-12/h3-4,10-12,14H,5-9H2,1-2H3. The fourth-order valence-corrected chi connectivity index (χ4v) is 2.58. The van der Waals surface area contributed by atoms with Crippen molar-refractivity contribution in [3.05, 3.63) is 12.2 Å². The highest BCUT2D eigenvalue weighted by Crippen LogP contribution is 2.22. The number of carbonyl (C=O) groups is 1. The average molecular weight is 222 g/mol. The second kappa shape index (κ2) is 5.00. The van der Waals surface area contributed by atoms with Crippen molar-refractivity contribution < 1.29 is 4.79 Å². The van der Waals surface area contributed by atoms with E-state index in [1.54, 1.807) is 0 Å². The quantitative estimate of drug-likeness (QED) is 0.683. The Bertz CT molecular complexity index is 288. The predicted octanol–water partition coefficient (Wildman–Crippen LogP) is 1.55. The zero-order valence-electron chi connectivity index (χ0n) is 10.3. The summed E-state index contributed by atoms with van der Waals surface area (Å²) in [6, 6.07) is 0.772. The first-order valence-corrected chi connectivity index (χ1v) is 6.37. The molecule has 0 saturated carbocycles. The van der Waals surface area contributed by atoms with Gasteiger partial charge >= 0.3 is 0 Å². The molecule has 0 bridgehead atoms. The molecule has 2 aliphatic rings. The van der Waals surface area contributed by atoms with Gasteiger partial charge in [0.25, 0.3) is 0 Å². The third-order valence-corrected chi connectivity index (χ3v) is 3.67. The van der Waals surface area contributed by atoms with Crippen LogP contribution in [0.3, 0.4) is 0 Å². The van der Waals surface area contributed by atoms with Gasteiger partial charge in [-0.15, -0.1) is 0 Å².